The topological polar surface area (TPSA) is 98.1 Å². The summed E-state index contributed by atoms with van der Waals surface area (Å²) in [5.41, 5.74) is 17.0. The molecule has 29 heavy (non-hydrogen) atoms. The number of hydrogen-bond acceptors (Lipinski definition) is 4. The maximum absolute atomic E-state index is 12.2. The van der Waals surface area contributed by atoms with Crippen molar-refractivity contribution >= 4 is 28.6 Å². The number of urea groups is 1. The molecular weight excluding hydrogens is 362 g/mol. The van der Waals surface area contributed by atoms with E-state index in [1.54, 1.807) is 11.1 Å². The van der Waals surface area contributed by atoms with Gasteiger partial charge in [-0.3, -0.25) is 4.90 Å². The second-order valence-corrected chi connectivity index (χ2v) is 6.91. The zero-order chi connectivity index (χ0) is 20.4. The Morgan fingerprint density at radius 1 is 1.03 bits per heavy atom. The average molecular weight is 383 g/mol. The molecule has 4 N–H and O–H groups in total. The van der Waals surface area contributed by atoms with Crippen molar-refractivity contribution in [3.63, 3.8) is 0 Å². The first-order valence-electron chi connectivity index (χ1n) is 9.25. The van der Waals surface area contributed by atoms with Gasteiger partial charge in [0.2, 0.25) is 5.95 Å². The van der Waals surface area contributed by atoms with Crippen molar-refractivity contribution in [2.75, 3.05) is 10.6 Å². The number of amides is 2. The van der Waals surface area contributed by atoms with Crippen molar-refractivity contribution in [1.29, 1.82) is 0 Å². The second-order valence-electron chi connectivity index (χ2n) is 6.91. The van der Waals surface area contributed by atoms with E-state index in [4.69, 9.17) is 11.5 Å². The smallest absolute Gasteiger partial charge is 0.319 e. The Balaban J connectivity index is 1.75. The van der Waals surface area contributed by atoms with Crippen LogP contribution in [0.3, 0.4) is 0 Å². The molecule has 0 radical (unpaired) electrons. The lowest BCUT2D eigenvalue weighted by Gasteiger charge is -2.22. The lowest BCUT2D eigenvalue weighted by molar-refractivity contribution is 0.253. The highest BCUT2D eigenvalue weighted by atomic mass is 16.2. The van der Waals surface area contributed by atoms with Crippen LogP contribution < -0.4 is 16.4 Å². The van der Waals surface area contributed by atoms with Crippen LogP contribution >= 0.6 is 0 Å². The van der Waals surface area contributed by atoms with Crippen LogP contribution in [0, 0.1) is 6.92 Å². The van der Waals surface area contributed by atoms with Crippen LogP contribution in [-0.4, -0.2) is 16.0 Å². The van der Waals surface area contributed by atoms with E-state index in [1.165, 1.54) is 0 Å². The maximum Gasteiger partial charge on any atom is 0.319 e. The lowest BCUT2D eigenvalue weighted by atomic mass is 9.98. The van der Waals surface area contributed by atoms with E-state index in [9.17, 15) is 4.79 Å². The van der Waals surface area contributed by atoms with Crippen LogP contribution in [0.1, 0.15) is 11.1 Å². The van der Waals surface area contributed by atoms with Gasteiger partial charge in [-0.25, -0.2) is 14.8 Å². The minimum absolute atomic E-state index is 0.251. The van der Waals surface area contributed by atoms with E-state index in [-0.39, 0.29) is 5.95 Å². The number of fused-ring (bicyclic) bond motifs is 1. The van der Waals surface area contributed by atoms with Crippen molar-refractivity contribution in [2.45, 2.75) is 13.5 Å². The Labute approximate surface area is 168 Å². The van der Waals surface area contributed by atoms with Crippen LogP contribution in [0.5, 0.6) is 0 Å². The molecule has 4 rings (SSSR count). The molecular formula is C23H21N5O. The van der Waals surface area contributed by atoms with Gasteiger partial charge in [0.25, 0.3) is 0 Å². The van der Waals surface area contributed by atoms with E-state index in [1.807, 2.05) is 73.7 Å². The first kappa shape index (κ1) is 18.4. The number of aromatic nitrogens is 2. The number of nitrogen functional groups attached to an aromatic ring is 1. The van der Waals surface area contributed by atoms with Gasteiger partial charge in [0.05, 0.1) is 12.1 Å². The number of anilines is 2. The van der Waals surface area contributed by atoms with Crippen LogP contribution in [0.2, 0.25) is 0 Å². The molecule has 6 heteroatoms. The maximum atomic E-state index is 12.2. The molecule has 0 aliphatic heterocycles. The molecule has 0 atom stereocenters. The highest BCUT2D eigenvalue weighted by Crippen LogP contribution is 2.31. The fourth-order valence-electron chi connectivity index (χ4n) is 3.37. The first-order chi connectivity index (χ1) is 14.0. The second kappa shape index (κ2) is 7.59. The average Bonchev–Trinajstić information content (AvgIpc) is 2.73. The predicted octanol–water partition coefficient (Wildman–Crippen LogP) is 4.27. The summed E-state index contributed by atoms with van der Waals surface area (Å²) in [6.07, 6.45) is 1.71. The molecule has 144 valence electrons. The summed E-state index contributed by atoms with van der Waals surface area (Å²) in [4.78, 5) is 22.1. The number of carbonyl (C=O) groups excluding carboxylic acids is 1. The van der Waals surface area contributed by atoms with Gasteiger partial charge >= 0.3 is 6.03 Å². The quantitative estimate of drug-likeness (QED) is 0.550. The van der Waals surface area contributed by atoms with Crippen molar-refractivity contribution in [1.82, 2.24) is 9.97 Å². The van der Waals surface area contributed by atoms with Gasteiger partial charge in [-0.15, -0.1) is 0 Å². The Morgan fingerprint density at radius 2 is 1.83 bits per heavy atom. The molecule has 0 aliphatic rings. The van der Waals surface area contributed by atoms with Crippen molar-refractivity contribution in [3.05, 3.63) is 84.1 Å². The number of carbonyl (C=O) groups is 1. The number of hydrogen-bond donors (Lipinski definition) is 2. The normalized spacial score (nSPS) is 10.8. The van der Waals surface area contributed by atoms with Gasteiger partial charge in [-0.05, 0) is 53.4 Å². The standard InChI is InChI=1S/C23H21N5O/c1-15-7-9-19(28(23(25)29)14-16-5-3-2-4-6-16)12-20(15)17-8-10-21-18(11-17)13-26-22(24)27-21/h2-13H,14H2,1H3,(H2,25,29)(H2,24,26,27). The molecule has 0 saturated carbocycles. The Hall–Kier alpha value is -3.93. The van der Waals surface area contributed by atoms with Crippen molar-refractivity contribution in [3.8, 4) is 11.1 Å². The minimum atomic E-state index is -0.494. The molecule has 2 amide bonds. The third kappa shape index (κ3) is 3.87. The molecule has 4 aromatic rings. The molecule has 0 aliphatic carbocycles. The summed E-state index contributed by atoms with van der Waals surface area (Å²) < 4.78 is 0. The highest BCUT2D eigenvalue weighted by Gasteiger charge is 2.15. The fraction of sp³-hybridized carbons (Fsp3) is 0.0870. The van der Waals surface area contributed by atoms with E-state index >= 15 is 0 Å². The number of rotatable bonds is 4. The first-order valence-corrected chi connectivity index (χ1v) is 9.25. The van der Waals surface area contributed by atoms with Crippen LogP contribution in [0.15, 0.2) is 72.9 Å². The summed E-state index contributed by atoms with van der Waals surface area (Å²) in [6.45, 7) is 2.44. The minimum Gasteiger partial charge on any atom is -0.368 e. The fourth-order valence-corrected chi connectivity index (χ4v) is 3.37. The summed E-state index contributed by atoms with van der Waals surface area (Å²) in [7, 11) is 0. The van der Waals surface area contributed by atoms with Crippen molar-refractivity contribution < 1.29 is 4.79 Å². The van der Waals surface area contributed by atoms with Gasteiger partial charge in [0.15, 0.2) is 0 Å². The summed E-state index contributed by atoms with van der Waals surface area (Å²) in [6, 6.07) is 21.1. The predicted molar refractivity (Wildman–Crippen MR) is 116 cm³/mol. The van der Waals surface area contributed by atoms with E-state index in [2.05, 4.69) is 9.97 Å². The molecule has 0 bridgehead atoms. The SMILES string of the molecule is Cc1ccc(N(Cc2ccccc2)C(N)=O)cc1-c1ccc2nc(N)ncc2c1. The third-order valence-corrected chi connectivity index (χ3v) is 4.89. The summed E-state index contributed by atoms with van der Waals surface area (Å²) >= 11 is 0. The lowest BCUT2D eigenvalue weighted by Crippen LogP contribution is -2.35. The summed E-state index contributed by atoms with van der Waals surface area (Å²) in [5.74, 6) is 0.251. The molecule has 6 nitrogen and oxygen atoms in total. The molecule has 1 aromatic heterocycles. The van der Waals surface area contributed by atoms with Crippen molar-refractivity contribution in [2.24, 2.45) is 5.73 Å². The van der Waals surface area contributed by atoms with Gasteiger partial charge in [-0.1, -0.05) is 42.5 Å². The number of nitrogens with two attached hydrogens (primary N) is 2. The molecule has 0 fully saturated rings. The van der Waals surface area contributed by atoms with E-state index in [0.29, 0.717) is 6.54 Å². The Kier molecular flexibility index (Phi) is 4.83. The number of benzene rings is 3. The molecule has 0 saturated heterocycles. The van der Waals surface area contributed by atoms with Crippen LogP contribution in [-0.2, 0) is 6.54 Å². The van der Waals surface area contributed by atoms with E-state index < -0.39 is 6.03 Å². The molecule has 0 spiro atoms. The van der Waals surface area contributed by atoms with Crippen LogP contribution in [0.25, 0.3) is 22.0 Å². The molecule has 3 aromatic carbocycles. The monoisotopic (exact) mass is 383 g/mol. The number of nitrogens with zero attached hydrogens (tertiary/aromatic N) is 3. The largest absolute Gasteiger partial charge is 0.368 e. The van der Waals surface area contributed by atoms with Gasteiger partial charge < -0.3 is 11.5 Å². The van der Waals surface area contributed by atoms with Gasteiger partial charge in [0, 0.05) is 17.3 Å². The molecule has 0 unspecified atom stereocenters. The zero-order valence-electron chi connectivity index (χ0n) is 16.0. The van der Waals surface area contributed by atoms with Gasteiger partial charge in [0.1, 0.15) is 0 Å². The number of primary amides is 1. The summed E-state index contributed by atoms with van der Waals surface area (Å²) in [5, 5.41) is 0.901. The number of aryl methyl sites for hydroxylation is 1. The van der Waals surface area contributed by atoms with Crippen LogP contribution in [0.4, 0.5) is 16.4 Å². The highest BCUT2D eigenvalue weighted by molar-refractivity contribution is 5.92. The Bertz CT molecular complexity index is 1190. The zero-order valence-corrected chi connectivity index (χ0v) is 16.0. The van der Waals surface area contributed by atoms with Gasteiger partial charge in [-0.2, -0.15) is 0 Å². The Morgan fingerprint density at radius 3 is 2.59 bits per heavy atom. The third-order valence-electron chi connectivity index (χ3n) is 4.89. The molecule has 1 heterocycles. The van der Waals surface area contributed by atoms with E-state index in [0.717, 1.165) is 38.8 Å².